The van der Waals surface area contributed by atoms with Crippen LogP contribution in [0.1, 0.15) is 43.4 Å². The van der Waals surface area contributed by atoms with Gasteiger partial charge >= 0.3 is 0 Å². The summed E-state index contributed by atoms with van der Waals surface area (Å²) in [7, 11) is -3.76. The second kappa shape index (κ2) is 12.4. The minimum Gasteiger partial charge on any atom is -0.354 e. The highest BCUT2D eigenvalue weighted by Crippen LogP contribution is 2.27. The second-order valence-electron chi connectivity index (χ2n) is 8.48. The van der Waals surface area contributed by atoms with Gasteiger partial charge in [0.15, 0.2) is 0 Å². The van der Waals surface area contributed by atoms with Gasteiger partial charge in [0.25, 0.3) is 0 Å². The number of hydrogen-bond donors (Lipinski definition) is 1. The molecule has 7 nitrogen and oxygen atoms in total. The topological polar surface area (TPSA) is 86.8 Å². The number of carbonyl (C=O) groups is 2. The van der Waals surface area contributed by atoms with Gasteiger partial charge in [-0.25, -0.2) is 8.42 Å². The highest BCUT2D eigenvalue weighted by atomic mass is 79.9. The van der Waals surface area contributed by atoms with Crippen molar-refractivity contribution in [2.24, 2.45) is 0 Å². The van der Waals surface area contributed by atoms with Crippen LogP contribution in [0, 0.1) is 13.8 Å². The van der Waals surface area contributed by atoms with Crippen molar-refractivity contribution < 1.29 is 18.0 Å². The van der Waals surface area contributed by atoms with Crippen LogP contribution in [-0.4, -0.2) is 50.5 Å². The maximum atomic E-state index is 13.6. The number of sulfonamides is 1. The number of nitrogens with one attached hydrogen (secondary N) is 1. The summed E-state index contributed by atoms with van der Waals surface area (Å²) in [6.07, 6.45) is 2.87. The number of para-hydroxylation sites is 1. The lowest BCUT2D eigenvalue weighted by atomic mass is 10.1. The van der Waals surface area contributed by atoms with Crippen LogP contribution in [0.15, 0.2) is 46.9 Å². The molecule has 2 rings (SSSR count). The van der Waals surface area contributed by atoms with Gasteiger partial charge in [0.1, 0.15) is 12.6 Å². The SMILES string of the molecule is CCCCNC(=O)[C@@H](C)N(Cc1cccc(Br)c1)C(=O)CN(c1c(C)cccc1C)S(C)(=O)=O. The van der Waals surface area contributed by atoms with Gasteiger partial charge in [-0.3, -0.25) is 13.9 Å². The Labute approximate surface area is 211 Å². The van der Waals surface area contributed by atoms with E-state index in [0.717, 1.165) is 44.6 Å². The quantitative estimate of drug-likeness (QED) is 0.424. The van der Waals surface area contributed by atoms with Crippen molar-refractivity contribution in [2.75, 3.05) is 23.7 Å². The Balaban J connectivity index is 2.41. The standard InChI is InChI=1S/C25H34BrN3O4S/c1-6-7-14-27-25(31)20(4)28(16-21-12-9-13-22(26)15-21)23(30)17-29(34(5,32)33)24-18(2)10-8-11-19(24)3/h8-13,15,20H,6-7,14,16-17H2,1-5H3,(H,27,31)/t20-/m1/s1. The molecule has 0 heterocycles. The molecule has 0 spiro atoms. The molecule has 0 aliphatic rings. The van der Waals surface area contributed by atoms with Gasteiger partial charge in [-0.15, -0.1) is 0 Å². The van der Waals surface area contributed by atoms with Gasteiger partial charge in [-0.05, 0) is 56.0 Å². The highest BCUT2D eigenvalue weighted by molar-refractivity contribution is 9.10. The monoisotopic (exact) mass is 551 g/mol. The minimum absolute atomic E-state index is 0.172. The lowest BCUT2D eigenvalue weighted by Gasteiger charge is -2.32. The van der Waals surface area contributed by atoms with Crippen molar-refractivity contribution in [3.05, 3.63) is 63.6 Å². The number of unbranched alkanes of at least 4 members (excludes halogenated alkanes) is 1. The zero-order chi connectivity index (χ0) is 25.5. The van der Waals surface area contributed by atoms with Gasteiger partial charge in [-0.2, -0.15) is 0 Å². The van der Waals surface area contributed by atoms with E-state index in [1.54, 1.807) is 6.92 Å². The number of nitrogens with zero attached hydrogens (tertiary/aromatic N) is 2. The van der Waals surface area contributed by atoms with Crippen LogP contribution in [0.3, 0.4) is 0 Å². The third kappa shape index (κ3) is 7.56. The summed E-state index contributed by atoms with van der Waals surface area (Å²) < 4.78 is 27.5. The number of benzene rings is 2. The summed E-state index contributed by atoms with van der Waals surface area (Å²) >= 11 is 3.44. The Hall–Kier alpha value is -2.39. The Kier molecular flexibility index (Phi) is 10.1. The van der Waals surface area contributed by atoms with Gasteiger partial charge in [0.05, 0.1) is 11.9 Å². The smallest absolute Gasteiger partial charge is 0.244 e. The zero-order valence-corrected chi connectivity index (χ0v) is 22.9. The summed E-state index contributed by atoms with van der Waals surface area (Å²) in [5.41, 5.74) is 2.82. The fourth-order valence-corrected chi connectivity index (χ4v) is 5.14. The number of anilines is 1. The van der Waals surface area contributed by atoms with Crippen molar-refractivity contribution in [1.82, 2.24) is 10.2 Å². The third-order valence-electron chi connectivity index (χ3n) is 5.61. The molecule has 9 heteroatoms. The molecule has 34 heavy (non-hydrogen) atoms. The van der Waals surface area contributed by atoms with E-state index in [4.69, 9.17) is 0 Å². The molecule has 1 atom stereocenters. The van der Waals surface area contributed by atoms with Crippen molar-refractivity contribution in [3.8, 4) is 0 Å². The molecule has 1 N–H and O–H groups in total. The highest BCUT2D eigenvalue weighted by Gasteiger charge is 2.31. The first-order valence-corrected chi connectivity index (χ1v) is 13.9. The minimum atomic E-state index is -3.76. The van der Waals surface area contributed by atoms with Crippen LogP contribution in [0.4, 0.5) is 5.69 Å². The molecule has 2 aromatic carbocycles. The van der Waals surface area contributed by atoms with Crippen molar-refractivity contribution in [3.63, 3.8) is 0 Å². The Morgan fingerprint density at radius 3 is 2.26 bits per heavy atom. The van der Waals surface area contributed by atoms with E-state index >= 15 is 0 Å². The van der Waals surface area contributed by atoms with Gasteiger partial charge in [0.2, 0.25) is 21.8 Å². The van der Waals surface area contributed by atoms with Crippen molar-refractivity contribution in [2.45, 2.75) is 53.1 Å². The second-order valence-corrected chi connectivity index (χ2v) is 11.3. The van der Waals surface area contributed by atoms with Crippen LogP contribution in [0.2, 0.25) is 0 Å². The molecule has 2 amide bonds. The summed E-state index contributed by atoms with van der Waals surface area (Å²) in [6.45, 7) is 7.63. The molecule has 0 saturated heterocycles. The maximum Gasteiger partial charge on any atom is 0.244 e. The fourth-order valence-electron chi connectivity index (χ4n) is 3.73. The summed E-state index contributed by atoms with van der Waals surface area (Å²) in [6, 6.07) is 12.2. The van der Waals surface area contributed by atoms with Crippen LogP contribution in [-0.2, 0) is 26.2 Å². The molecular formula is C25H34BrN3O4S. The van der Waals surface area contributed by atoms with E-state index in [1.807, 2.05) is 63.2 Å². The van der Waals surface area contributed by atoms with Crippen molar-refractivity contribution >= 4 is 43.5 Å². The molecule has 0 aliphatic carbocycles. The van der Waals surface area contributed by atoms with Crippen LogP contribution in [0.5, 0.6) is 0 Å². The van der Waals surface area contributed by atoms with Gasteiger partial charge in [-0.1, -0.05) is 59.6 Å². The van der Waals surface area contributed by atoms with Crippen LogP contribution >= 0.6 is 15.9 Å². The summed E-state index contributed by atoms with van der Waals surface area (Å²) in [5, 5.41) is 2.88. The number of aryl methyl sites for hydroxylation is 2. The maximum absolute atomic E-state index is 13.6. The molecule has 0 saturated carbocycles. The van der Waals surface area contributed by atoms with Crippen molar-refractivity contribution in [1.29, 1.82) is 0 Å². The predicted molar refractivity (Wildman–Crippen MR) is 140 cm³/mol. The Bertz CT molecular complexity index is 1100. The lowest BCUT2D eigenvalue weighted by Crippen LogP contribution is -2.51. The Morgan fingerprint density at radius 2 is 1.71 bits per heavy atom. The first kappa shape index (κ1) is 27.9. The molecular weight excluding hydrogens is 518 g/mol. The molecule has 0 radical (unpaired) electrons. The first-order valence-electron chi connectivity index (χ1n) is 11.3. The van der Waals surface area contributed by atoms with E-state index < -0.39 is 28.5 Å². The zero-order valence-electron chi connectivity index (χ0n) is 20.5. The fraction of sp³-hybridized carbons (Fsp3) is 0.440. The van der Waals surface area contributed by atoms with Gasteiger partial charge < -0.3 is 10.2 Å². The molecule has 186 valence electrons. The molecule has 0 unspecified atom stereocenters. The van der Waals surface area contributed by atoms with E-state index in [1.165, 1.54) is 4.90 Å². The van der Waals surface area contributed by atoms with Crippen LogP contribution in [0.25, 0.3) is 0 Å². The van der Waals surface area contributed by atoms with Crippen LogP contribution < -0.4 is 9.62 Å². The number of amides is 2. The average molecular weight is 553 g/mol. The predicted octanol–water partition coefficient (Wildman–Crippen LogP) is 4.17. The summed E-state index contributed by atoms with van der Waals surface area (Å²) in [4.78, 5) is 27.9. The molecule has 0 fully saturated rings. The number of carbonyl (C=O) groups excluding carboxylic acids is 2. The van der Waals surface area contributed by atoms with Gasteiger partial charge in [0, 0.05) is 17.6 Å². The van der Waals surface area contributed by atoms with E-state index in [2.05, 4.69) is 21.2 Å². The van der Waals surface area contributed by atoms with E-state index in [9.17, 15) is 18.0 Å². The van der Waals surface area contributed by atoms with E-state index in [0.29, 0.717) is 12.2 Å². The van der Waals surface area contributed by atoms with E-state index in [-0.39, 0.29) is 12.5 Å². The largest absolute Gasteiger partial charge is 0.354 e. The Morgan fingerprint density at radius 1 is 1.09 bits per heavy atom. The number of hydrogen-bond acceptors (Lipinski definition) is 4. The average Bonchev–Trinajstić information content (AvgIpc) is 2.75. The molecule has 0 bridgehead atoms. The molecule has 0 aliphatic heterocycles. The molecule has 0 aromatic heterocycles. The summed E-state index contributed by atoms with van der Waals surface area (Å²) in [5.74, 6) is -0.721. The lowest BCUT2D eigenvalue weighted by molar-refractivity contribution is -0.139. The normalized spacial score (nSPS) is 12.2. The first-order chi connectivity index (χ1) is 16.0. The third-order valence-corrected chi connectivity index (χ3v) is 7.21. The number of rotatable bonds is 11. The number of halogens is 1. The molecule has 2 aromatic rings.